The average Bonchev–Trinajstić information content (AvgIpc) is 2.56. The van der Waals surface area contributed by atoms with Gasteiger partial charge in [0.05, 0.1) is 5.69 Å². The zero-order chi connectivity index (χ0) is 12.3. The summed E-state index contributed by atoms with van der Waals surface area (Å²) in [6.45, 7) is 2.07. The Bertz CT molecular complexity index is 387. The molecule has 1 saturated carbocycles. The lowest BCUT2D eigenvalue weighted by Crippen LogP contribution is -2.17. The van der Waals surface area contributed by atoms with Crippen molar-refractivity contribution in [1.29, 1.82) is 0 Å². The number of hydrogen-bond acceptors (Lipinski definition) is 2. The van der Waals surface area contributed by atoms with Crippen LogP contribution < -0.4 is 0 Å². The maximum Gasteiger partial charge on any atom is 0.183 e. The summed E-state index contributed by atoms with van der Waals surface area (Å²) < 4.78 is 1.76. The van der Waals surface area contributed by atoms with Gasteiger partial charge in [-0.2, -0.15) is 5.10 Å². The number of nitrogens with zero attached hydrogens (tertiary/aromatic N) is 2. The van der Waals surface area contributed by atoms with E-state index in [-0.39, 0.29) is 5.92 Å². The van der Waals surface area contributed by atoms with Gasteiger partial charge in [0.2, 0.25) is 0 Å². The second-order valence-corrected chi connectivity index (χ2v) is 5.05. The van der Waals surface area contributed by atoms with E-state index >= 15 is 0 Å². The molecule has 0 aromatic carbocycles. The lowest BCUT2D eigenvalue weighted by atomic mass is 9.93. The van der Waals surface area contributed by atoms with Crippen molar-refractivity contribution in [3.05, 3.63) is 17.5 Å². The first kappa shape index (κ1) is 12.3. The van der Waals surface area contributed by atoms with Crippen LogP contribution in [0.1, 0.15) is 61.6 Å². The van der Waals surface area contributed by atoms with Gasteiger partial charge in [-0.3, -0.25) is 9.48 Å². The summed E-state index contributed by atoms with van der Waals surface area (Å²) in [5.41, 5.74) is 1.82. The lowest BCUT2D eigenvalue weighted by molar-refractivity contribution is 0.0898. The quantitative estimate of drug-likeness (QED) is 0.595. The SMILES string of the molecule is CCc1cc(C(=O)C2CCCCCC2)n(C)n1. The van der Waals surface area contributed by atoms with Gasteiger partial charge in [-0.05, 0) is 25.3 Å². The molecule has 1 fully saturated rings. The van der Waals surface area contributed by atoms with E-state index in [0.717, 1.165) is 30.7 Å². The maximum absolute atomic E-state index is 12.4. The molecule has 0 atom stereocenters. The standard InChI is InChI=1S/C14H22N2O/c1-3-12-10-13(16(2)15-12)14(17)11-8-6-4-5-7-9-11/h10-11H,3-9H2,1-2H3. The largest absolute Gasteiger partial charge is 0.292 e. The van der Waals surface area contributed by atoms with Crippen molar-refractivity contribution in [2.24, 2.45) is 13.0 Å². The Morgan fingerprint density at radius 3 is 2.53 bits per heavy atom. The molecule has 17 heavy (non-hydrogen) atoms. The van der Waals surface area contributed by atoms with Crippen molar-refractivity contribution in [3.8, 4) is 0 Å². The molecule has 0 aliphatic heterocycles. The van der Waals surface area contributed by atoms with Gasteiger partial charge in [0.15, 0.2) is 5.78 Å². The summed E-state index contributed by atoms with van der Waals surface area (Å²) in [4.78, 5) is 12.4. The van der Waals surface area contributed by atoms with Gasteiger partial charge in [-0.15, -0.1) is 0 Å². The maximum atomic E-state index is 12.4. The minimum atomic E-state index is 0.234. The molecule has 3 nitrogen and oxygen atoms in total. The van der Waals surface area contributed by atoms with E-state index in [0.29, 0.717) is 5.78 Å². The molecule has 0 amide bonds. The number of ketones is 1. The molecule has 94 valence electrons. The lowest BCUT2D eigenvalue weighted by Gasteiger charge is -2.12. The predicted octanol–water partition coefficient (Wildman–Crippen LogP) is 3.14. The van der Waals surface area contributed by atoms with Crippen LogP contribution in [0.25, 0.3) is 0 Å². The van der Waals surface area contributed by atoms with Crippen LogP contribution in [0.3, 0.4) is 0 Å². The van der Waals surface area contributed by atoms with Crippen LogP contribution in [-0.2, 0) is 13.5 Å². The Balaban J connectivity index is 2.14. The highest BCUT2D eigenvalue weighted by Gasteiger charge is 2.24. The van der Waals surface area contributed by atoms with Crippen molar-refractivity contribution >= 4 is 5.78 Å². The Hall–Kier alpha value is -1.12. The Morgan fingerprint density at radius 2 is 2.00 bits per heavy atom. The molecule has 0 unspecified atom stereocenters. The average molecular weight is 234 g/mol. The molecule has 0 radical (unpaired) electrons. The van der Waals surface area contributed by atoms with Crippen LogP contribution in [0.5, 0.6) is 0 Å². The summed E-state index contributed by atoms with van der Waals surface area (Å²) in [5, 5.41) is 4.36. The van der Waals surface area contributed by atoms with Gasteiger partial charge in [0, 0.05) is 13.0 Å². The molecule has 1 aliphatic carbocycles. The molecule has 1 aliphatic rings. The van der Waals surface area contributed by atoms with Crippen LogP contribution >= 0.6 is 0 Å². The van der Waals surface area contributed by atoms with Crippen molar-refractivity contribution < 1.29 is 4.79 Å². The molecule has 1 heterocycles. The van der Waals surface area contributed by atoms with Crippen LogP contribution in [0.2, 0.25) is 0 Å². The van der Waals surface area contributed by atoms with Gasteiger partial charge in [-0.1, -0.05) is 32.6 Å². The second kappa shape index (κ2) is 5.48. The first-order valence-electron chi connectivity index (χ1n) is 6.79. The molecular formula is C14H22N2O. The van der Waals surface area contributed by atoms with Crippen LogP contribution in [0.15, 0.2) is 6.07 Å². The third-order valence-corrected chi connectivity index (χ3v) is 3.77. The second-order valence-electron chi connectivity index (χ2n) is 5.05. The Kier molecular flexibility index (Phi) is 3.97. The minimum absolute atomic E-state index is 0.234. The van der Waals surface area contributed by atoms with Crippen LogP contribution in [0.4, 0.5) is 0 Å². The summed E-state index contributed by atoms with van der Waals surface area (Å²) in [6, 6.07) is 1.97. The van der Waals surface area contributed by atoms with Gasteiger partial charge >= 0.3 is 0 Å². The normalized spacial score (nSPS) is 18.0. The van der Waals surface area contributed by atoms with E-state index in [4.69, 9.17) is 0 Å². The molecule has 0 spiro atoms. The number of aromatic nitrogens is 2. The van der Waals surface area contributed by atoms with Gasteiger partial charge in [-0.25, -0.2) is 0 Å². The Labute approximate surface area is 103 Å². The molecule has 1 aromatic heterocycles. The number of rotatable bonds is 3. The number of hydrogen-bond donors (Lipinski definition) is 0. The van der Waals surface area contributed by atoms with Crippen molar-refractivity contribution in [1.82, 2.24) is 9.78 Å². The summed E-state index contributed by atoms with van der Waals surface area (Å²) in [7, 11) is 1.88. The van der Waals surface area contributed by atoms with Gasteiger partial charge in [0.25, 0.3) is 0 Å². The van der Waals surface area contributed by atoms with Crippen molar-refractivity contribution in [2.75, 3.05) is 0 Å². The highest BCUT2D eigenvalue weighted by atomic mass is 16.1. The highest BCUT2D eigenvalue weighted by Crippen LogP contribution is 2.26. The van der Waals surface area contributed by atoms with Gasteiger partial charge < -0.3 is 0 Å². The van der Waals surface area contributed by atoms with Crippen molar-refractivity contribution in [3.63, 3.8) is 0 Å². The molecular weight excluding hydrogens is 212 g/mol. The van der Waals surface area contributed by atoms with E-state index in [9.17, 15) is 4.79 Å². The Morgan fingerprint density at radius 1 is 1.35 bits per heavy atom. The topological polar surface area (TPSA) is 34.9 Å². The fourth-order valence-corrected chi connectivity index (χ4v) is 2.68. The molecule has 3 heteroatoms. The monoisotopic (exact) mass is 234 g/mol. The number of carbonyl (C=O) groups is 1. The molecule has 0 bridgehead atoms. The smallest absolute Gasteiger partial charge is 0.183 e. The number of carbonyl (C=O) groups excluding carboxylic acids is 1. The molecule has 0 saturated heterocycles. The van der Waals surface area contributed by atoms with Gasteiger partial charge in [0.1, 0.15) is 5.69 Å². The fraction of sp³-hybridized carbons (Fsp3) is 0.714. The summed E-state index contributed by atoms with van der Waals surface area (Å²) >= 11 is 0. The van der Waals surface area contributed by atoms with Crippen molar-refractivity contribution in [2.45, 2.75) is 51.9 Å². The number of Topliss-reactive ketones (excluding diaryl/α,β-unsaturated/α-hetero) is 1. The van der Waals surface area contributed by atoms with Crippen LogP contribution in [0, 0.1) is 5.92 Å². The summed E-state index contributed by atoms with van der Waals surface area (Å²) in [5.74, 6) is 0.541. The third kappa shape index (κ3) is 2.76. The first-order chi connectivity index (χ1) is 8.22. The highest BCUT2D eigenvalue weighted by molar-refractivity contribution is 5.96. The fourth-order valence-electron chi connectivity index (χ4n) is 2.68. The first-order valence-corrected chi connectivity index (χ1v) is 6.79. The molecule has 0 N–H and O–H groups in total. The van der Waals surface area contributed by atoms with E-state index in [1.807, 2.05) is 13.1 Å². The third-order valence-electron chi connectivity index (χ3n) is 3.77. The number of aryl methyl sites for hydroxylation is 2. The molecule has 1 aromatic rings. The zero-order valence-electron chi connectivity index (χ0n) is 10.9. The van der Waals surface area contributed by atoms with E-state index in [2.05, 4.69) is 12.0 Å². The predicted molar refractivity (Wildman–Crippen MR) is 68.1 cm³/mol. The minimum Gasteiger partial charge on any atom is -0.292 e. The van der Waals surface area contributed by atoms with Crippen LogP contribution in [-0.4, -0.2) is 15.6 Å². The zero-order valence-corrected chi connectivity index (χ0v) is 10.9. The summed E-state index contributed by atoms with van der Waals surface area (Å²) in [6.07, 6.45) is 8.00. The van der Waals surface area contributed by atoms with E-state index in [1.54, 1.807) is 4.68 Å². The van der Waals surface area contributed by atoms with E-state index < -0.39 is 0 Å². The molecule has 2 rings (SSSR count). The van der Waals surface area contributed by atoms with E-state index in [1.165, 1.54) is 25.7 Å².